The normalized spacial score (nSPS) is 15.3. The molecule has 3 aromatic rings. The molecule has 0 radical (unpaired) electrons. The molecule has 0 unspecified atom stereocenters. The van der Waals surface area contributed by atoms with Crippen molar-refractivity contribution in [1.29, 1.82) is 0 Å². The molecule has 27 heavy (non-hydrogen) atoms. The Morgan fingerprint density at radius 1 is 1.04 bits per heavy atom. The monoisotopic (exact) mass is 384 g/mol. The first-order valence-electron chi connectivity index (χ1n) is 8.80. The van der Waals surface area contributed by atoms with Crippen molar-refractivity contribution in [2.24, 2.45) is 0 Å². The van der Waals surface area contributed by atoms with Crippen LogP contribution in [0.15, 0.2) is 53.7 Å². The van der Waals surface area contributed by atoms with E-state index < -0.39 is 10.0 Å². The number of anilines is 1. The van der Waals surface area contributed by atoms with Gasteiger partial charge in [-0.25, -0.2) is 13.4 Å². The highest BCUT2D eigenvalue weighted by Crippen LogP contribution is 2.21. The quantitative estimate of drug-likeness (QED) is 0.750. The van der Waals surface area contributed by atoms with Gasteiger partial charge in [-0.3, -0.25) is 4.79 Å². The Hall–Kier alpha value is -2.71. The molecule has 1 aromatic carbocycles. The van der Waals surface area contributed by atoms with Gasteiger partial charge in [-0.1, -0.05) is 0 Å². The number of fused-ring (bicyclic) bond motifs is 1. The molecule has 1 saturated heterocycles. The molecule has 3 heterocycles. The maximum absolute atomic E-state index is 12.5. The number of rotatable bonds is 4. The maximum Gasteiger partial charge on any atom is 0.255 e. The fourth-order valence-electron chi connectivity index (χ4n) is 3.25. The summed E-state index contributed by atoms with van der Waals surface area (Å²) < 4.78 is 28.4. The fraction of sp³-hybridized carbons (Fsp3) is 0.263. The number of benzene rings is 1. The topological polar surface area (TPSA) is 83.8 Å². The lowest BCUT2D eigenvalue weighted by molar-refractivity contribution is 0.102. The van der Waals surface area contributed by atoms with Crippen molar-refractivity contribution < 1.29 is 13.2 Å². The Bertz CT molecular complexity index is 1100. The number of imidazole rings is 1. The van der Waals surface area contributed by atoms with Gasteiger partial charge in [0.05, 0.1) is 16.3 Å². The molecule has 7 nitrogen and oxygen atoms in total. The Balaban J connectivity index is 1.51. The molecule has 140 valence electrons. The summed E-state index contributed by atoms with van der Waals surface area (Å²) in [6, 6.07) is 9.67. The van der Waals surface area contributed by atoms with Crippen LogP contribution in [0.25, 0.3) is 5.65 Å². The van der Waals surface area contributed by atoms with Gasteiger partial charge >= 0.3 is 0 Å². The summed E-state index contributed by atoms with van der Waals surface area (Å²) in [6.45, 7) is 3.02. The van der Waals surface area contributed by atoms with Gasteiger partial charge in [0.25, 0.3) is 5.91 Å². The van der Waals surface area contributed by atoms with Gasteiger partial charge in [0.15, 0.2) is 0 Å². The first-order chi connectivity index (χ1) is 12.9. The third kappa shape index (κ3) is 3.45. The van der Waals surface area contributed by atoms with Gasteiger partial charge in [0.2, 0.25) is 10.0 Å². The van der Waals surface area contributed by atoms with Crippen LogP contribution in [0.1, 0.15) is 28.9 Å². The highest BCUT2D eigenvalue weighted by Gasteiger charge is 2.27. The number of nitrogens with zero attached hydrogens (tertiary/aromatic N) is 3. The van der Waals surface area contributed by atoms with E-state index in [0.717, 1.165) is 24.2 Å². The predicted molar refractivity (Wildman–Crippen MR) is 102 cm³/mol. The van der Waals surface area contributed by atoms with Crippen molar-refractivity contribution >= 4 is 27.3 Å². The number of aryl methyl sites for hydroxylation is 1. The molecule has 0 spiro atoms. The number of carbonyl (C=O) groups is 1. The zero-order chi connectivity index (χ0) is 19.0. The number of hydrogen-bond donors (Lipinski definition) is 1. The summed E-state index contributed by atoms with van der Waals surface area (Å²) in [7, 11) is -3.47. The van der Waals surface area contributed by atoms with Gasteiger partial charge in [-0.15, -0.1) is 0 Å². The number of pyridine rings is 1. The molecule has 1 N–H and O–H groups in total. The van der Waals surface area contributed by atoms with Crippen molar-refractivity contribution in [3.8, 4) is 0 Å². The van der Waals surface area contributed by atoms with Crippen LogP contribution in [0, 0.1) is 6.92 Å². The smallest absolute Gasteiger partial charge is 0.255 e. The van der Waals surface area contributed by atoms with Crippen LogP contribution < -0.4 is 5.32 Å². The SMILES string of the molecule is Cc1cn2cc(NC(=O)c3ccc(S(=O)(=O)N4CCCC4)cc3)ccc2n1. The fourth-order valence-corrected chi connectivity index (χ4v) is 4.77. The lowest BCUT2D eigenvalue weighted by Gasteiger charge is -2.15. The first kappa shape index (κ1) is 17.7. The highest BCUT2D eigenvalue weighted by atomic mass is 32.2. The van der Waals surface area contributed by atoms with Crippen molar-refractivity contribution in [2.45, 2.75) is 24.7 Å². The molecule has 0 atom stereocenters. The molecule has 0 bridgehead atoms. The number of sulfonamides is 1. The number of hydrogen-bond acceptors (Lipinski definition) is 4. The van der Waals surface area contributed by atoms with Crippen molar-refractivity contribution in [1.82, 2.24) is 13.7 Å². The van der Waals surface area contributed by atoms with E-state index in [9.17, 15) is 13.2 Å². The van der Waals surface area contributed by atoms with Gasteiger partial charge in [0, 0.05) is 31.0 Å². The number of aromatic nitrogens is 2. The predicted octanol–water partition coefficient (Wildman–Crippen LogP) is 2.68. The average molecular weight is 384 g/mol. The average Bonchev–Trinajstić information content (AvgIpc) is 3.30. The van der Waals surface area contributed by atoms with Gasteiger partial charge in [-0.2, -0.15) is 4.31 Å². The molecular formula is C19H20N4O3S. The molecule has 1 aliphatic heterocycles. The second-order valence-corrected chi connectivity index (χ2v) is 8.59. The molecule has 0 saturated carbocycles. The largest absolute Gasteiger partial charge is 0.321 e. The van der Waals surface area contributed by atoms with Gasteiger partial charge in [-0.05, 0) is 56.2 Å². The number of amides is 1. The van der Waals surface area contributed by atoms with Gasteiger partial charge in [0.1, 0.15) is 5.65 Å². The number of carbonyl (C=O) groups excluding carboxylic acids is 1. The van der Waals surface area contributed by atoms with E-state index >= 15 is 0 Å². The van der Waals surface area contributed by atoms with Crippen LogP contribution in [0.2, 0.25) is 0 Å². The lowest BCUT2D eigenvalue weighted by atomic mass is 10.2. The Labute approximate surface area is 157 Å². The van der Waals surface area contributed by atoms with E-state index in [0.29, 0.717) is 24.3 Å². The molecule has 1 fully saturated rings. The van der Waals surface area contributed by atoms with E-state index in [-0.39, 0.29) is 10.8 Å². The van der Waals surface area contributed by atoms with Crippen LogP contribution in [-0.4, -0.2) is 41.1 Å². The third-order valence-electron chi connectivity index (χ3n) is 4.65. The summed E-state index contributed by atoms with van der Waals surface area (Å²) in [5, 5.41) is 2.83. The lowest BCUT2D eigenvalue weighted by Crippen LogP contribution is -2.27. The minimum absolute atomic E-state index is 0.219. The molecule has 8 heteroatoms. The third-order valence-corrected chi connectivity index (χ3v) is 6.56. The zero-order valence-electron chi connectivity index (χ0n) is 14.9. The second kappa shape index (κ2) is 6.79. The molecule has 1 amide bonds. The molecule has 0 aliphatic carbocycles. The second-order valence-electron chi connectivity index (χ2n) is 6.66. The summed E-state index contributed by atoms with van der Waals surface area (Å²) in [6.07, 6.45) is 5.45. The van der Waals surface area contributed by atoms with E-state index in [4.69, 9.17) is 0 Å². The maximum atomic E-state index is 12.5. The number of nitrogens with one attached hydrogen (secondary N) is 1. The Kier molecular flexibility index (Phi) is 4.45. The standard InChI is InChI=1S/C19H20N4O3S/c1-14-12-22-13-16(6-9-18(22)20-14)21-19(24)15-4-7-17(8-5-15)27(25,26)23-10-2-3-11-23/h4-9,12-13H,2-3,10-11H2,1H3,(H,21,24). The van der Waals surface area contributed by atoms with Crippen LogP contribution in [-0.2, 0) is 10.0 Å². The van der Waals surface area contributed by atoms with E-state index in [2.05, 4.69) is 10.3 Å². The first-order valence-corrected chi connectivity index (χ1v) is 10.2. The van der Waals surface area contributed by atoms with Gasteiger partial charge < -0.3 is 9.72 Å². The van der Waals surface area contributed by atoms with Crippen molar-refractivity contribution in [2.75, 3.05) is 18.4 Å². The summed E-state index contributed by atoms with van der Waals surface area (Å²) in [5.41, 5.74) is 2.74. The van der Waals surface area contributed by atoms with E-state index in [1.165, 1.54) is 28.6 Å². The molecular weight excluding hydrogens is 364 g/mol. The van der Waals surface area contributed by atoms with Crippen LogP contribution >= 0.6 is 0 Å². The van der Waals surface area contributed by atoms with Crippen LogP contribution in [0.3, 0.4) is 0 Å². The minimum Gasteiger partial charge on any atom is -0.321 e. The Morgan fingerprint density at radius 2 is 1.74 bits per heavy atom. The Morgan fingerprint density at radius 3 is 2.44 bits per heavy atom. The minimum atomic E-state index is -3.47. The van der Waals surface area contributed by atoms with E-state index in [1.54, 1.807) is 12.3 Å². The highest BCUT2D eigenvalue weighted by molar-refractivity contribution is 7.89. The summed E-state index contributed by atoms with van der Waals surface area (Å²) in [4.78, 5) is 17.0. The van der Waals surface area contributed by atoms with Crippen LogP contribution in [0.5, 0.6) is 0 Å². The summed E-state index contributed by atoms with van der Waals surface area (Å²) in [5.74, 6) is -0.295. The molecule has 4 rings (SSSR count). The molecule has 1 aliphatic rings. The molecule has 2 aromatic heterocycles. The van der Waals surface area contributed by atoms with Crippen LogP contribution in [0.4, 0.5) is 5.69 Å². The van der Waals surface area contributed by atoms with E-state index in [1.807, 2.05) is 23.6 Å². The van der Waals surface area contributed by atoms with Crippen molar-refractivity contribution in [3.05, 3.63) is 60.0 Å². The zero-order valence-corrected chi connectivity index (χ0v) is 15.7. The van der Waals surface area contributed by atoms with Crippen molar-refractivity contribution in [3.63, 3.8) is 0 Å². The summed E-state index contributed by atoms with van der Waals surface area (Å²) >= 11 is 0.